The van der Waals surface area contributed by atoms with Gasteiger partial charge in [-0.05, 0) is 79.9 Å². The predicted octanol–water partition coefficient (Wildman–Crippen LogP) is 7.00. The van der Waals surface area contributed by atoms with Crippen molar-refractivity contribution in [2.24, 2.45) is 5.92 Å². The van der Waals surface area contributed by atoms with E-state index in [2.05, 4.69) is 25.8 Å². The Morgan fingerprint density at radius 1 is 0.929 bits per heavy atom. The molecule has 56 heavy (non-hydrogen) atoms. The van der Waals surface area contributed by atoms with Crippen molar-refractivity contribution >= 4 is 11.4 Å². The van der Waals surface area contributed by atoms with E-state index in [1.807, 2.05) is 92.7 Å². The van der Waals surface area contributed by atoms with Crippen molar-refractivity contribution in [1.29, 1.82) is 0 Å². The van der Waals surface area contributed by atoms with Crippen LogP contribution in [0.4, 0.5) is 20.2 Å². The summed E-state index contributed by atoms with van der Waals surface area (Å²) in [7, 11) is 0. The van der Waals surface area contributed by atoms with Crippen LogP contribution < -0.4 is 21.1 Å². The van der Waals surface area contributed by atoms with Crippen LogP contribution in [0.1, 0.15) is 43.9 Å². The van der Waals surface area contributed by atoms with Crippen molar-refractivity contribution in [3.63, 3.8) is 0 Å². The van der Waals surface area contributed by atoms with E-state index in [4.69, 9.17) is 14.2 Å². The third-order valence-electron chi connectivity index (χ3n) is 10.1. The number of anilines is 2. The van der Waals surface area contributed by atoms with Gasteiger partial charge >= 0.3 is 5.69 Å². The highest BCUT2D eigenvalue weighted by Crippen LogP contribution is 2.42. The molecule has 6 aromatic rings. The monoisotopic (exact) mass is 764 g/mol. The van der Waals surface area contributed by atoms with E-state index >= 15 is 0 Å². The fourth-order valence-electron chi connectivity index (χ4n) is 7.16. The van der Waals surface area contributed by atoms with Crippen LogP contribution in [-0.2, 0) is 28.2 Å². The first-order valence-electron chi connectivity index (χ1n) is 18.8. The number of aromatic nitrogens is 6. The summed E-state index contributed by atoms with van der Waals surface area (Å²) in [4.78, 5) is 17.4. The molecule has 0 spiro atoms. The molecule has 1 saturated heterocycles. The first kappa shape index (κ1) is 38.4. The summed E-state index contributed by atoms with van der Waals surface area (Å²) >= 11 is 0. The molecule has 2 aromatic heterocycles. The van der Waals surface area contributed by atoms with Crippen LogP contribution in [0.3, 0.4) is 0 Å². The van der Waals surface area contributed by atoms with E-state index in [0.717, 1.165) is 28.7 Å². The number of nitrogens with zero attached hydrogens (tertiary/aromatic N) is 6. The molecule has 0 aliphatic carbocycles. The SMILES string of the molecule is CC[C@@H]([C@H](C)OCc1ccccc1)n1ncn(-c2ccc(NCCNc3ccc(OC[C@@H]4CO[C@@](Cn5cncn5)(c5ccc(F)cc5F)C4)cc3)cc2)c1=O. The van der Waals surface area contributed by atoms with Gasteiger partial charge in [-0.1, -0.05) is 43.3 Å². The van der Waals surface area contributed by atoms with Crippen molar-refractivity contribution in [3.8, 4) is 11.4 Å². The summed E-state index contributed by atoms with van der Waals surface area (Å²) < 4.78 is 51.8. The Morgan fingerprint density at radius 3 is 2.34 bits per heavy atom. The van der Waals surface area contributed by atoms with Gasteiger partial charge in [-0.15, -0.1) is 0 Å². The van der Waals surface area contributed by atoms with Gasteiger partial charge in [-0.3, -0.25) is 0 Å². The normalized spacial score (nSPS) is 17.8. The minimum absolute atomic E-state index is 0.0210. The molecule has 0 radical (unpaired) electrons. The average molecular weight is 765 g/mol. The highest BCUT2D eigenvalue weighted by molar-refractivity contribution is 5.50. The standard InChI is InChI=1S/C42H46F2N8O4/c1-3-40(30(2)54-23-31-7-5-4-6-8-31)52-41(53)51(29-49-52)36-14-10-34(11-15-36)46-19-20-47-35-12-16-37(17-13-35)55-24-32-22-42(56-25-32,26-50-28-45-27-48-50)38-18-9-33(43)21-39(38)44/h4-18,21,27-30,32,40,46-47H,3,19-20,22-26H2,1-2H3/t30-,32+,40-,42-/m0/s1. The summed E-state index contributed by atoms with van der Waals surface area (Å²) in [6.45, 7) is 6.79. The Bertz CT molecular complexity index is 2200. The topological polar surface area (TPSA) is 122 Å². The number of nitrogens with one attached hydrogen (secondary N) is 2. The summed E-state index contributed by atoms with van der Waals surface area (Å²) in [6.07, 6.45) is 5.50. The Balaban J connectivity index is 0.858. The summed E-state index contributed by atoms with van der Waals surface area (Å²) in [6, 6.07) is 28.7. The number of hydrogen-bond donors (Lipinski definition) is 2. The van der Waals surface area contributed by atoms with Crippen LogP contribution in [0.2, 0.25) is 0 Å². The summed E-state index contributed by atoms with van der Waals surface area (Å²) in [5.74, 6) is -0.612. The van der Waals surface area contributed by atoms with Crippen LogP contribution in [-0.4, -0.2) is 61.5 Å². The zero-order chi connectivity index (χ0) is 38.9. The van der Waals surface area contributed by atoms with E-state index in [1.54, 1.807) is 21.9 Å². The minimum atomic E-state index is -1.02. The second kappa shape index (κ2) is 17.7. The van der Waals surface area contributed by atoms with Crippen LogP contribution in [0.25, 0.3) is 5.69 Å². The molecule has 1 aliphatic rings. The molecule has 4 aromatic carbocycles. The van der Waals surface area contributed by atoms with Crippen molar-refractivity contribution in [2.45, 2.75) is 57.6 Å². The predicted molar refractivity (Wildman–Crippen MR) is 209 cm³/mol. The van der Waals surface area contributed by atoms with Crippen LogP contribution in [0.15, 0.2) is 121 Å². The first-order chi connectivity index (χ1) is 27.3. The Labute approximate surface area is 324 Å². The maximum Gasteiger partial charge on any atom is 0.350 e. The van der Waals surface area contributed by atoms with Gasteiger partial charge in [0.25, 0.3) is 0 Å². The van der Waals surface area contributed by atoms with Gasteiger partial charge in [0.05, 0.1) is 44.2 Å². The number of ether oxygens (including phenoxy) is 3. The molecule has 7 rings (SSSR count). The fraction of sp³-hybridized carbons (Fsp3) is 0.333. The lowest BCUT2D eigenvalue weighted by molar-refractivity contribution is -0.0206. The molecule has 0 saturated carbocycles. The molecule has 292 valence electrons. The molecule has 12 nitrogen and oxygen atoms in total. The maximum absolute atomic E-state index is 15.0. The zero-order valence-corrected chi connectivity index (χ0v) is 31.4. The number of hydrogen-bond acceptors (Lipinski definition) is 9. The van der Waals surface area contributed by atoms with Crippen molar-refractivity contribution in [2.75, 3.05) is 36.9 Å². The highest BCUT2D eigenvalue weighted by atomic mass is 19.1. The van der Waals surface area contributed by atoms with Gasteiger partial charge in [-0.25, -0.2) is 32.5 Å². The molecular formula is C42H46F2N8O4. The van der Waals surface area contributed by atoms with Gasteiger partial charge in [0.15, 0.2) is 0 Å². The van der Waals surface area contributed by atoms with E-state index < -0.39 is 17.2 Å². The summed E-state index contributed by atoms with van der Waals surface area (Å²) in [5, 5.41) is 15.4. The molecule has 1 fully saturated rings. The molecular weight excluding hydrogens is 719 g/mol. The molecule has 4 atom stereocenters. The van der Waals surface area contributed by atoms with E-state index in [9.17, 15) is 13.6 Å². The minimum Gasteiger partial charge on any atom is -0.493 e. The molecule has 0 bridgehead atoms. The van der Waals surface area contributed by atoms with Gasteiger partial charge in [0.2, 0.25) is 0 Å². The quantitative estimate of drug-likeness (QED) is 0.0892. The smallest absolute Gasteiger partial charge is 0.350 e. The lowest BCUT2D eigenvalue weighted by Gasteiger charge is -2.29. The highest BCUT2D eigenvalue weighted by Gasteiger charge is 2.44. The third-order valence-corrected chi connectivity index (χ3v) is 10.1. The van der Waals surface area contributed by atoms with Gasteiger partial charge in [-0.2, -0.15) is 10.2 Å². The number of benzene rings is 4. The van der Waals surface area contributed by atoms with Crippen LogP contribution >= 0.6 is 0 Å². The zero-order valence-electron chi connectivity index (χ0n) is 31.4. The largest absolute Gasteiger partial charge is 0.493 e. The molecule has 3 heterocycles. The molecule has 1 aliphatic heterocycles. The Morgan fingerprint density at radius 2 is 1.66 bits per heavy atom. The third kappa shape index (κ3) is 9.15. The summed E-state index contributed by atoms with van der Waals surface area (Å²) in [5.41, 5.74) is 2.74. The fourth-order valence-corrected chi connectivity index (χ4v) is 7.16. The molecule has 14 heteroatoms. The van der Waals surface area contributed by atoms with E-state index in [0.29, 0.717) is 51.5 Å². The van der Waals surface area contributed by atoms with Crippen LogP contribution in [0.5, 0.6) is 5.75 Å². The molecule has 0 amide bonds. The second-order valence-corrected chi connectivity index (χ2v) is 14.0. The second-order valence-electron chi connectivity index (χ2n) is 14.0. The first-order valence-corrected chi connectivity index (χ1v) is 18.8. The molecule has 2 N–H and O–H groups in total. The maximum atomic E-state index is 15.0. The number of halogens is 2. The van der Waals surface area contributed by atoms with Gasteiger partial charge < -0.3 is 24.8 Å². The van der Waals surface area contributed by atoms with Gasteiger partial charge in [0.1, 0.15) is 42.0 Å². The van der Waals surface area contributed by atoms with Crippen molar-refractivity contribution in [1.82, 2.24) is 29.1 Å². The Kier molecular flexibility index (Phi) is 12.2. The van der Waals surface area contributed by atoms with Gasteiger partial charge in [0, 0.05) is 42.0 Å². The lowest BCUT2D eigenvalue weighted by Crippen LogP contribution is -2.33. The lowest BCUT2D eigenvalue weighted by atomic mass is 9.87. The van der Waals surface area contributed by atoms with E-state index in [1.165, 1.54) is 23.1 Å². The molecule has 0 unspecified atom stereocenters. The Hall–Kier alpha value is -5.86. The van der Waals surface area contributed by atoms with E-state index in [-0.39, 0.29) is 35.9 Å². The average Bonchev–Trinajstić information content (AvgIpc) is 3.98. The van der Waals surface area contributed by atoms with Crippen molar-refractivity contribution < 1.29 is 23.0 Å². The number of rotatable bonds is 18. The van der Waals surface area contributed by atoms with Crippen molar-refractivity contribution in [3.05, 3.63) is 149 Å². The van der Waals surface area contributed by atoms with Crippen LogP contribution in [0, 0.1) is 17.6 Å².